The number of aliphatic hydroxyl groups is 2. The standard InChI is InChI=1S/C23H35N3O5S/c1-6-9-31-21(30)26-20-25-19-14(10-18(29)24-13(2)3)22(4)8-7-17(28)23(5,12-27)16(22)11-15(19)32-20/h6,13-14,16-17,27-28H,1,7-12H2,2-5H3,(H,24,29)(H,25,26,30)/t14-,16+,17+,22-,23-/m0/s1. The van der Waals surface area contributed by atoms with Gasteiger partial charge in [0.15, 0.2) is 5.13 Å². The normalized spacial score (nSPS) is 31.4. The van der Waals surface area contributed by atoms with Crippen LogP contribution in [0.3, 0.4) is 0 Å². The molecule has 0 aliphatic heterocycles. The zero-order valence-corrected chi connectivity index (χ0v) is 20.1. The van der Waals surface area contributed by atoms with Gasteiger partial charge < -0.3 is 20.3 Å². The molecule has 1 saturated carbocycles. The summed E-state index contributed by atoms with van der Waals surface area (Å²) in [5.41, 5.74) is -0.187. The Morgan fingerprint density at radius 3 is 2.75 bits per heavy atom. The van der Waals surface area contributed by atoms with E-state index in [2.05, 4.69) is 24.1 Å². The molecule has 2 amide bonds. The number of ether oxygens (including phenoxy) is 1. The molecule has 3 rings (SSSR count). The first-order valence-corrected chi connectivity index (χ1v) is 12.0. The van der Waals surface area contributed by atoms with Crippen molar-refractivity contribution in [3.63, 3.8) is 0 Å². The van der Waals surface area contributed by atoms with Crippen molar-refractivity contribution in [3.05, 3.63) is 23.2 Å². The number of aromatic nitrogens is 1. The van der Waals surface area contributed by atoms with E-state index in [1.54, 1.807) is 0 Å². The van der Waals surface area contributed by atoms with Crippen LogP contribution in [0.15, 0.2) is 12.7 Å². The topological polar surface area (TPSA) is 121 Å². The first-order valence-electron chi connectivity index (χ1n) is 11.2. The summed E-state index contributed by atoms with van der Waals surface area (Å²) in [5, 5.41) is 27.2. The molecule has 2 aliphatic carbocycles. The van der Waals surface area contributed by atoms with E-state index in [0.717, 1.165) is 17.0 Å². The average Bonchev–Trinajstić information content (AvgIpc) is 3.12. The van der Waals surface area contributed by atoms with E-state index in [1.165, 1.54) is 17.4 Å². The molecule has 8 nitrogen and oxygen atoms in total. The smallest absolute Gasteiger partial charge is 0.413 e. The zero-order chi connectivity index (χ0) is 23.7. The van der Waals surface area contributed by atoms with Crippen LogP contribution >= 0.6 is 11.3 Å². The number of thiazole rings is 1. The Labute approximate surface area is 193 Å². The van der Waals surface area contributed by atoms with Crippen LogP contribution in [0.25, 0.3) is 0 Å². The zero-order valence-electron chi connectivity index (χ0n) is 19.3. The number of carbonyl (C=O) groups excluding carboxylic acids is 2. The fraction of sp³-hybridized carbons (Fsp3) is 0.696. The molecule has 2 aliphatic rings. The molecule has 9 heteroatoms. The van der Waals surface area contributed by atoms with Crippen LogP contribution in [0.5, 0.6) is 0 Å². The number of fused-ring (bicyclic) bond motifs is 2. The Morgan fingerprint density at radius 1 is 1.41 bits per heavy atom. The highest BCUT2D eigenvalue weighted by atomic mass is 32.1. The molecule has 32 heavy (non-hydrogen) atoms. The van der Waals surface area contributed by atoms with Crippen molar-refractivity contribution in [3.8, 4) is 0 Å². The number of nitrogens with one attached hydrogen (secondary N) is 2. The van der Waals surface area contributed by atoms with E-state index in [0.29, 0.717) is 18.0 Å². The minimum absolute atomic E-state index is 0.0253. The van der Waals surface area contributed by atoms with E-state index in [1.807, 2.05) is 20.8 Å². The van der Waals surface area contributed by atoms with Gasteiger partial charge in [0, 0.05) is 28.7 Å². The number of amides is 2. The van der Waals surface area contributed by atoms with Gasteiger partial charge in [0.2, 0.25) is 5.91 Å². The van der Waals surface area contributed by atoms with Gasteiger partial charge in [-0.3, -0.25) is 10.1 Å². The van der Waals surface area contributed by atoms with Crippen molar-refractivity contribution in [1.29, 1.82) is 0 Å². The van der Waals surface area contributed by atoms with Crippen molar-refractivity contribution in [2.75, 3.05) is 18.5 Å². The monoisotopic (exact) mass is 465 g/mol. The number of anilines is 1. The molecule has 1 fully saturated rings. The van der Waals surface area contributed by atoms with Gasteiger partial charge in [-0.05, 0) is 44.4 Å². The molecule has 0 saturated heterocycles. The van der Waals surface area contributed by atoms with Crippen molar-refractivity contribution in [2.45, 2.75) is 71.4 Å². The molecular weight excluding hydrogens is 430 g/mol. The molecule has 0 radical (unpaired) electrons. The summed E-state index contributed by atoms with van der Waals surface area (Å²) >= 11 is 1.36. The van der Waals surface area contributed by atoms with Gasteiger partial charge in [-0.15, -0.1) is 11.3 Å². The summed E-state index contributed by atoms with van der Waals surface area (Å²) in [4.78, 5) is 30.5. The summed E-state index contributed by atoms with van der Waals surface area (Å²) < 4.78 is 5.01. The van der Waals surface area contributed by atoms with Gasteiger partial charge in [0.1, 0.15) is 6.61 Å². The molecule has 0 aromatic carbocycles. The van der Waals surface area contributed by atoms with E-state index in [-0.39, 0.29) is 48.8 Å². The lowest BCUT2D eigenvalue weighted by Gasteiger charge is -2.58. The highest BCUT2D eigenvalue weighted by molar-refractivity contribution is 7.15. The first-order chi connectivity index (χ1) is 15.0. The Bertz CT molecular complexity index is 872. The van der Waals surface area contributed by atoms with Gasteiger partial charge in [-0.1, -0.05) is 26.5 Å². The molecule has 0 unspecified atom stereocenters. The third-order valence-electron chi connectivity index (χ3n) is 7.27. The second-order valence-corrected chi connectivity index (χ2v) is 10.9. The number of nitrogens with zero attached hydrogens (tertiary/aromatic N) is 1. The Hall–Kier alpha value is -1.97. The van der Waals surface area contributed by atoms with Crippen molar-refractivity contribution >= 4 is 28.5 Å². The van der Waals surface area contributed by atoms with Gasteiger partial charge in [-0.2, -0.15) is 0 Å². The Kier molecular flexibility index (Phi) is 7.31. The summed E-state index contributed by atoms with van der Waals surface area (Å²) in [5.74, 6) is -0.277. The SMILES string of the molecule is C=CCOC(=O)Nc1nc2c(s1)C[C@H]1[C@](C)(CO)[C@H](O)CC[C@@]1(C)[C@H]2CC(=O)NC(C)C. The average molecular weight is 466 g/mol. The van der Waals surface area contributed by atoms with E-state index >= 15 is 0 Å². The van der Waals surface area contributed by atoms with E-state index in [9.17, 15) is 19.8 Å². The van der Waals surface area contributed by atoms with Crippen LogP contribution in [0.4, 0.5) is 9.93 Å². The van der Waals surface area contributed by atoms with Crippen LogP contribution in [0, 0.1) is 16.7 Å². The molecule has 4 N–H and O–H groups in total. The molecule has 1 aromatic heterocycles. The van der Waals surface area contributed by atoms with Crippen LogP contribution < -0.4 is 10.6 Å². The predicted molar refractivity (Wildman–Crippen MR) is 124 cm³/mol. The van der Waals surface area contributed by atoms with E-state index < -0.39 is 17.6 Å². The lowest BCUT2D eigenvalue weighted by molar-refractivity contribution is -0.144. The summed E-state index contributed by atoms with van der Waals surface area (Å²) in [7, 11) is 0. The van der Waals surface area contributed by atoms with Gasteiger partial charge in [0.25, 0.3) is 0 Å². The highest BCUT2D eigenvalue weighted by Crippen LogP contribution is 2.62. The van der Waals surface area contributed by atoms with Gasteiger partial charge in [-0.25, -0.2) is 9.78 Å². The number of aliphatic hydroxyl groups excluding tert-OH is 2. The number of hydrogen-bond donors (Lipinski definition) is 4. The summed E-state index contributed by atoms with van der Waals surface area (Å²) in [6.45, 7) is 11.4. The Balaban J connectivity index is 2.00. The molecular formula is C23H35N3O5S. The van der Waals surface area contributed by atoms with Crippen LogP contribution in [0.1, 0.15) is 63.4 Å². The number of rotatable bonds is 7. The molecule has 0 bridgehead atoms. The lowest BCUT2D eigenvalue weighted by Crippen LogP contribution is -2.57. The summed E-state index contributed by atoms with van der Waals surface area (Å²) in [6.07, 6.45) is 2.45. The van der Waals surface area contributed by atoms with Crippen LogP contribution in [0.2, 0.25) is 0 Å². The fourth-order valence-corrected chi connectivity index (χ4v) is 6.58. The minimum Gasteiger partial charge on any atom is -0.445 e. The van der Waals surface area contributed by atoms with Gasteiger partial charge in [0.05, 0.1) is 18.4 Å². The minimum atomic E-state index is -0.683. The first kappa shape index (κ1) is 24.7. The highest BCUT2D eigenvalue weighted by Gasteiger charge is 2.59. The third kappa shape index (κ3) is 4.56. The summed E-state index contributed by atoms with van der Waals surface area (Å²) in [6, 6.07) is 0.0253. The maximum atomic E-state index is 12.8. The molecule has 5 atom stereocenters. The molecule has 1 aromatic rings. The predicted octanol–water partition coefficient (Wildman–Crippen LogP) is 3.21. The maximum Gasteiger partial charge on any atom is 0.413 e. The molecule has 1 heterocycles. The van der Waals surface area contributed by atoms with Crippen LogP contribution in [-0.2, 0) is 16.0 Å². The van der Waals surface area contributed by atoms with Crippen LogP contribution in [-0.4, -0.2) is 52.6 Å². The maximum absolute atomic E-state index is 12.8. The second-order valence-electron chi connectivity index (χ2n) is 9.80. The third-order valence-corrected chi connectivity index (χ3v) is 8.28. The van der Waals surface area contributed by atoms with Crippen molar-refractivity contribution in [1.82, 2.24) is 10.3 Å². The van der Waals surface area contributed by atoms with Crippen molar-refractivity contribution in [2.24, 2.45) is 16.7 Å². The quantitative estimate of drug-likeness (QED) is 0.459. The Morgan fingerprint density at radius 2 is 2.12 bits per heavy atom. The largest absolute Gasteiger partial charge is 0.445 e. The van der Waals surface area contributed by atoms with Gasteiger partial charge >= 0.3 is 6.09 Å². The lowest BCUT2D eigenvalue weighted by atomic mass is 9.47. The van der Waals surface area contributed by atoms with Crippen molar-refractivity contribution < 1.29 is 24.5 Å². The second kappa shape index (κ2) is 9.49. The molecule has 178 valence electrons. The fourth-order valence-electron chi connectivity index (χ4n) is 5.52. The number of hydrogen-bond acceptors (Lipinski definition) is 7. The molecule has 0 spiro atoms. The van der Waals surface area contributed by atoms with E-state index in [4.69, 9.17) is 9.72 Å². The number of carbonyl (C=O) groups is 2.